The van der Waals surface area contributed by atoms with E-state index in [1.807, 2.05) is 13.8 Å². The first-order valence-corrected chi connectivity index (χ1v) is 6.46. The molecule has 2 rings (SSSR count). The lowest BCUT2D eigenvalue weighted by Gasteiger charge is -2.06. The Morgan fingerprint density at radius 1 is 1.37 bits per heavy atom. The van der Waals surface area contributed by atoms with Crippen LogP contribution >= 0.6 is 0 Å². The highest BCUT2D eigenvalue weighted by atomic mass is 16.5. The standard InChI is InChI=1S/C13H18N4O2/c1-4-5-6-13-12(8-18)14-16-17(13)7-11-9(2)15-19-10(11)3/h8H,4-7H2,1-3H3. The van der Waals surface area contributed by atoms with Gasteiger partial charge in [0.1, 0.15) is 11.5 Å². The lowest BCUT2D eigenvalue weighted by Crippen LogP contribution is -2.08. The van der Waals surface area contributed by atoms with Crippen molar-refractivity contribution in [2.75, 3.05) is 0 Å². The van der Waals surface area contributed by atoms with Gasteiger partial charge in [-0.2, -0.15) is 0 Å². The topological polar surface area (TPSA) is 73.8 Å². The zero-order chi connectivity index (χ0) is 13.8. The maximum Gasteiger partial charge on any atom is 0.172 e. The maximum atomic E-state index is 11.0. The van der Waals surface area contributed by atoms with E-state index < -0.39 is 0 Å². The molecule has 0 amide bonds. The van der Waals surface area contributed by atoms with Crippen LogP contribution in [0.3, 0.4) is 0 Å². The molecular weight excluding hydrogens is 244 g/mol. The van der Waals surface area contributed by atoms with E-state index in [0.717, 1.165) is 48.3 Å². The van der Waals surface area contributed by atoms with E-state index in [1.165, 1.54) is 0 Å². The minimum atomic E-state index is 0.431. The predicted molar refractivity (Wildman–Crippen MR) is 69.1 cm³/mol. The Kier molecular flexibility index (Phi) is 4.09. The van der Waals surface area contributed by atoms with Crippen molar-refractivity contribution in [3.8, 4) is 0 Å². The largest absolute Gasteiger partial charge is 0.361 e. The summed E-state index contributed by atoms with van der Waals surface area (Å²) in [7, 11) is 0. The van der Waals surface area contributed by atoms with Gasteiger partial charge in [0.2, 0.25) is 0 Å². The van der Waals surface area contributed by atoms with Gasteiger partial charge < -0.3 is 4.52 Å². The van der Waals surface area contributed by atoms with Crippen LogP contribution in [-0.2, 0) is 13.0 Å². The Hall–Kier alpha value is -1.98. The summed E-state index contributed by atoms with van der Waals surface area (Å²) in [5.41, 5.74) is 3.17. The van der Waals surface area contributed by atoms with Crippen molar-refractivity contribution in [1.29, 1.82) is 0 Å². The monoisotopic (exact) mass is 262 g/mol. The minimum Gasteiger partial charge on any atom is -0.361 e. The molecule has 0 bridgehead atoms. The third kappa shape index (κ3) is 2.72. The molecule has 0 radical (unpaired) electrons. The van der Waals surface area contributed by atoms with Crippen LogP contribution in [0.4, 0.5) is 0 Å². The molecule has 0 saturated carbocycles. The van der Waals surface area contributed by atoms with Gasteiger partial charge in [-0.05, 0) is 26.7 Å². The van der Waals surface area contributed by atoms with Crippen molar-refractivity contribution in [2.24, 2.45) is 0 Å². The smallest absolute Gasteiger partial charge is 0.172 e. The van der Waals surface area contributed by atoms with Crippen molar-refractivity contribution >= 4 is 6.29 Å². The van der Waals surface area contributed by atoms with Crippen molar-refractivity contribution in [3.05, 3.63) is 28.4 Å². The number of nitrogens with zero attached hydrogens (tertiary/aromatic N) is 4. The van der Waals surface area contributed by atoms with Crippen LogP contribution in [0.1, 0.15) is 53.0 Å². The molecule has 19 heavy (non-hydrogen) atoms. The maximum absolute atomic E-state index is 11.0. The van der Waals surface area contributed by atoms with Crippen LogP contribution in [-0.4, -0.2) is 26.4 Å². The molecule has 102 valence electrons. The molecule has 0 fully saturated rings. The van der Waals surface area contributed by atoms with Gasteiger partial charge in [-0.25, -0.2) is 4.68 Å². The van der Waals surface area contributed by atoms with Crippen molar-refractivity contribution in [2.45, 2.75) is 46.6 Å². The molecule has 2 aromatic rings. The van der Waals surface area contributed by atoms with Crippen LogP contribution < -0.4 is 0 Å². The number of carbonyl (C=O) groups is 1. The number of rotatable bonds is 6. The lowest BCUT2D eigenvalue weighted by atomic mass is 10.1. The second kappa shape index (κ2) is 5.77. The second-order valence-electron chi connectivity index (χ2n) is 4.60. The molecule has 6 heteroatoms. The second-order valence-corrected chi connectivity index (χ2v) is 4.60. The van der Waals surface area contributed by atoms with Crippen molar-refractivity contribution in [3.63, 3.8) is 0 Å². The van der Waals surface area contributed by atoms with Crippen LogP contribution in [0, 0.1) is 13.8 Å². The number of aromatic nitrogens is 4. The quantitative estimate of drug-likeness (QED) is 0.745. The number of carbonyl (C=O) groups excluding carboxylic acids is 1. The molecule has 2 heterocycles. The average molecular weight is 262 g/mol. The van der Waals surface area contributed by atoms with Gasteiger partial charge in [0, 0.05) is 5.56 Å². The number of aryl methyl sites for hydroxylation is 2. The van der Waals surface area contributed by atoms with Crippen molar-refractivity contribution < 1.29 is 9.32 Å². The molecule has 2 aromatic heterocycles. The summed E-state index contributed by atoms with van der Waals surface area (Å²) in [6, 6.07) is 0. The Bertz CT molecular complexity index is 552. The normalized spacial score (nSPS) is 10.9. The molecule has 0 N–H and O–H groups in total. The summed E-state index contributed by atoms with van der Waals surface area (Å²) in [5.74, 6) is 0.780. The molecule has 0 aromatic carbocycles. The van der Waals surface area contributed by atoms with E-state index in [2.05, 4.69) is 22.4 Å². The first-order chi connectivity index (χ1) is 9.17. The molecule has 0 aliphatic rings. The molecule has 0 aliphatic heterocycles. The third-order valence-electron chi connectivity index (χ3n) is 3.24. The van der Waals surface area contributed by atoms with E-state index in [0.29, 0.717) is 12.2 Å². The average Bonchev–Trinajstić information content (AvgIpc) is 2.94. The summed E-state index contributed by atoms with van der Waals surface area (Å²) in [5, 5.41) is 11.9. The van der Waals surface area contributed by atoms with Gasteiger partial charge in [-0.3, -0.25) is 4.79 Å². The third-order valence-corrected chi connectivity index (χ3v) is 3.24. The lowest BCUT2D eigenvalue weighted by molar-refractivity contribution is 0.111. The van der Waals surface area contributed by atoms with E-state index in [1.54, 1.807) is 4.68 Å². The molecule has 0 saturated heterocycles. The van der Waals surface area contributed by atoms with Crippen LogP contribution in [0.25, 0.3) is 0 Å². The van der Waals surface area contributed by atoms with Crippen LogP contribution in [0.2, 0.25) is 0 Å². The number of aldehydes is 1. The zero-order valence-electron chi connectivity index (χ0n) is 11.5. The van der Waals surface area contributed by atoms with E-state index in [9.17, 15) is 4.79 Å². The Morgan fingerprint density at radius 3 is 2.74 bits per heavy atom. The highest BCUT2D eigenvalue weighted by Gasteiger charge is 2.16. The summed E-state index contributed by atoms with van der Waals surface area (Å²) in [6.45, 7) is 6.43. The van der Waals surface area contributed by atoms with Crippen LogP contribution in [0.15, 0.2) is 4.52 Å². The van der Waals surface area contributed by atoms with Crippen molar-refractivity contribution in [1.82, 2.24) is 20.2 Å². The zero-order valence-corrected chi connectivity index (χ0v) is 11.5. The molecule has 0 unspecified atom stereocenters. The van der Waals surface area contributed by atoms with E-state index >= 15 is 0 Å². The SMILES string of the molecule is CCCCc1c(C=O)nnn1Cc1c(C)noc1C. The van der Waals surface area contributed by atoms with Gasteiger partial charge in [-0.15, -0.1) is 5.10 Å². The minimum absolute atomic E-state index is 0.431. The fourth-order valence-electron chi connectivity index (χ4n) is 2.04. The Morgan fingerprint density at radius 2 is 2.16 bits per heavy atom. The molecule has 6 nitrogen and oxygen atoms in total. The molecular formula is C13H18N4O2. The number of unbranched alkanes of at least 4 members (excludes halogenated alkanes) is 1. The van der Waals surface area contributed by atoms with Gasteiger partial charge in [-0.1, -0.05) is 23.7 Å². The Balaban J connectivity index is 2.29. The highest BCUT2D eigenvalue weighted by Crippen LogP contribution is 2.16. The van der Waals surface area contributed by atoms with E-state index in [-0.39, 0.29) is 0 Å². The highest BCUT2D eigenvalue weighted by molar-refractivity contribution is 5.73. The molecule has 0 atom stereocenters. The first kappa shape index (κ1) is 13.5. The molecule has 0 aliphatic carbocycles. The fraction of sp³-hybridized carbons (Fsp3) is 0.538. The van der Waals surface area contributed by atoms with Crippen LogP contribution in [0.5, 0.6) is 0 Å². The summed E-state index contributed by atoms with van der Waals surface area (Å²) in [4.78, 5) is 11.0. The first-order valence-electron chi connectivity index (χ1n) is 6.46. The number of hydrogen-bond acceptors (Lipinski definition) is 5. The Labute approximate surface area is 111 Å². The summed E-state index contributed by atoms with van der Waals surface area (Å²) >= 11 is 0. The summed E-state index contributed by atoms with van der Waals surface area (Å²) < 4.78 is 6.91. The molecule has 0 spiro atoms. The fourth-order valence-corrected chi connectivity index (χ4v) is 2.04. The summed E-state index contributed by atoms with van der Waals surface area (Å²) in [6.07, 6.45) is 3.65. The number of hydrogen-bond donors (Lipinski definition) is 0. The van der Waals surface area contributed by atoms with Gasteiger partial charge in [0.05, 0.1) is 17.9 Å². The van der Waals surface area contributed by atoms with Gasteiger partial charge in [0.25, 0.3) is 0 Å². The van der Waals surface area contributed by atoms with Gasteiger partial charge in [0.15, 0.2) is 6.29 Å². The van der Waals surface area contributed by atoms with Gasteiger partial charge >= 0.3 is 0 Å². The van der Waals surface area contributed by atoms with E-state index in [4.69, 9.17) is 4.52 Å². The predicted octanol–water partition coefficient (Wildman–Crippen LogP) is 2.09.